The molecule has 1 heterocycles. The van der Waals surface area contributed by atoms with E-state index in [0.717, 1.165) is 24.3 Å². The summed E-state index contributed by atoms with van der Waals surface area (Å²) in [6, 6.07) is 3.28. The maximum Gasteiger partial charge on any atom is 0.126 e. The van der Waals surface area contributed by atoms with Gasteiger partial charge in [0.25, 0.3) is 0 Å². The van der Waals surface area contributed by atoms with E-state index in [1.165, 1.54) is 0 Å². The normalized spacial score (nSPS) is 22.2. The fraction of sp³-hybridized carbons (Fsp3) is 0.647. The number of benzene rings is 1. The number of nitrogens with two attached hydrogens (primary N) is 1. The Morgan fingerprint density at radius 3 is 2.19 bits per heavy atom. The summed E-state index contributed by atoms with van der Waals surface area (Å²) in [4.78, 5) is 2.27. The Morgan fingerprint density at radius 1 is 1.19 bits per heavy atom. The van der Waals surface area contributed by atoms with Crippen LogP contribution in [0.2, 0.25) is 0 Å². The second-order valence-corrected chi connectivity index (χ2v) is 7.43. The van der Waals surface area contributed by atoms with Gasteiger partial charge in [-0.05, 0) is 64.8 Å². The Labute approximate surface area is 127 Å². The zero-order chi connectivity index (χ0) is 16.0. The summed E-state index contributed by atoms with van der Waals surface area (Å²) < 4.78 is 20.0. The van der Waals surface area contributed by atoms with Crippen LogP contribution in [0.25, 0.3) is 0 Å². The van der Waals surface area contributed by atoms with Gasteiger partial charge in [0.05, 0.1) is 11.2 Å². The van der Waals surface area contributed by atoms with Gasteiger partial charge in [0.2, 0.25) is 0 Å². The topological polar surface area (TPSA) is 38.5 Å². The van der Waals surface area contributed by atoms with Crippen molar-refractivity contribution in [2.75, 3.05) is 18.0 Å². The first kappa shape index (κ1) is 16.2. The Hall–Kier alpha value is -1.13. The quantitative estimate of drug-likeness (QED) is 0.906. The predicted octanol–water partition coefficient (Wildman–Crippen LogP) is 3.55. The van der Waals surface area contributed by atoms with Crippen LogP contribution in [-0.2, 0) is 4.74 Å². The summed E-state index contributed by atoms with van der Waals surface area (Å²) >= 11 is 0. The van der Waals surface area contributed by atoms with Crippen molar-refractivity contribution in [3.05, 3.63) is 29.1 Å². The molecule has 1 fully saturated rings. The lowest BCUT2D eigenvalue weighted by Crippen LogP contribution is -2.57. The van der Waals surface area contributed by atoms with E-state index in [1.807, 2.05) is 13.0 Å². The second-order valence-electron chi connectivity index (χ2n) is 7.43. The van der Waals surface area contributed by atoms with Crippen molar-refractivity contribution in [2.24, 2.45) is 5.73 Å². The first-order chi connectivity index (χ1) is 9.51. The fourth-order valence-corrected chi connectivity index (χ4v) is 3.28. The zero-order valence-electron chi connectivity index (χ0n) is 14.0. The van der Waals surface area contributed by atoms with Crippen LogP contribution in [-0.4, -0.2) is 24.3 Å². The Balaban J connectivity index is 2.47. The molecule has 4 heteroatoms. The largest absolute Gasteiger partial charge is 0.366 e. The molecule has 0 radical (unpaired) electrons. The van der Waals surface area contributed by atoms with E-state index in [9.17, 15) is 4.39 Å². The summed E-state index contributed by atoms with van der Waals surface area (Å²) in [5, 5.41) is 0. The third-order valence-electron chi connectivity index (χ3n) is 3.84. The van der Waals surface area contributed by atoms with Gasteiger partial charge in [-0.3, -0.25) is 0 Å². The molecule has 1 aliphatic rings. The van der Waals surface area contributed by atoms with Crippen LogP contribution in [0.3, 0.4) is 0 Å². The summed E-state index contributed by atoms with van der Waals surface area (Å²) in [6.07, 6.45) is 0. The molecule has 0 saturated carbocycles. The summed E-state index contributed by atoms with van der Waals surface area (Å²) in [6.45, 7) is 13.6. The smallest absolute Gasteiger partial charge is 0.126 e. The number of rotatable bonds is 2. The lowest BCUT2D eigenvalue weighted by molar-refractivity contribution is -0.133. The van der Waals surface area contributed by atoms with Crippen LogP contribution in [0.15, 0.2) is 12.1 Å². The molecule has 118 valence electrons. The van der Waals surface area contributed by atoms with Gasteiger partial charge in [0.1, 0.15) is 5.82 Å². The summed E-state index contributed by atoms with van der Waals surface area (Å²) in [5.41, 5.74) is 8.07. The molecular formula is C17H27FN2O. The highest BCUT2D eigenvalue weighted by atomic mass is 19.1. The van der Waals surface area contributed by atoms with Crippen molar-refractivity contribution in [3.8, 4) is 0 Å². The molecule has 1 saturated heterocycles. The maximum absolute atomic E-state index is 13.9. The van der Waals surface area contributed by atoms with Gasteiger partial charge in [-0.15, -0.1) is 0 Å². The van der Waals surface area contributed by atoms with Gasteiger partial charge in [-0.25, -0.2) is 4.39 Å². The zero-order valence-corrected chi connectivity index (χ0v) is 14.0. The van der Waals surface area contributed by atoms with E-state index >= 15 is 0 Å². The van der Waals surface area contributed by atoms with Crippen LogP contribution < -0.4 is 10.6 Å². The second kappa shape index (κ2) is 5.25. The number of aryl methyl sites for hydroxylation is 1. The maximum atomic E-state index is 13.9. The van der Waals surface area contributed by atoms with Gasteiger partial charge >= 0.3 is 0 Å². The predicted molar refractivity (Wildman–Crippen MR) is 85.2 cm³/mol. The van der Waals surface area contributed by atoms with Gasteiger partial charge in [-0.1, -0.05) is 0 Å². The van der Waals surface area contributed by atoms with Gasteiger partial charge in [0.15, 0.2) is 0 Å². The molecule has 2 N–H and O–H groups in total. The molecule has 1 aliphatic heterocycles. The highest BCUT2D eigenvalue weighted by Crippen LogP contribution is 2.35. The average molecular weight is 294 g/mol. The van der Waals surface area contributed by atoms with Crippen molar-refractivity contribution < 1.29 is 9.13 Å². The van der Waals surface area contributed by atoms with E-state index in [4.69, 9.17) is 10.5 Å². The third kappa shape index (κ3) is 3.55. The molecular weight excluding hydrogens is 267 g/mol. The highest BCUT2D eigenvalue weighted by molar-refractivity contribution is 5.58. The SMILES string of the molecule is Cc1cc(N2CC(C)(C)OC(C)(C)C2)c(C(C)N)cc1F. The molecule has 1 aromatic carbocycles. The van der Waals surface area contributed by atoms with E-state index < -0.39 is 0 Å². The van der Waals surface area contributed by atoms with Gasteiger partial charge in [-0.2, -0.15) is 0 Å². The van der Waals surface area contributed by atoms with E-state index in [0.29, 0.717) is 5.56 Å². The van der Waals surface area contributed by atoms with Crippen molar-refractivity contribution in [3.63, 3.8) is 0 Å². The molecule has 1 unspecified atom stereocenters. The summed E-state index contributed by atoms with van der Waals surface area (Å²) in [7, 11) is 0. The molecule has 1 aromatic rings. The van der Waals surface area contributed by atoms with Crippen molar-refractivity contribution >= 4 is 5.69 Å². The highest BCUT2D eigenvalue weighted by Gasteiger charge is 2.39. The van der Waals surface area contributed by atoms with Crippen molar-refractivity contribution in [1.82, 2.24) is 0 Å². The molecule has 21 heavy (non-hydrogen) atoms. The number of morpholine rings is 1. The van der Waals surface area contributed by atoms with Crippen molar-refractivity contribution in [2.45, 2.75) is 58.8 Å². The lowest BCUT2D eigenvalue weighted by Gasteiger charge is -2.48. The van der Waals surface area contributed by atoms with Gasteiger partial charge in [0, 0.05) is 24.8 Å². The monoisotopic (exact) mass is 294 g/mol. The Bertz CT molecular complexity index is 522. The van der Waals surface area contributed by atoms with Crippen LogP contribution in [0.4, 0.5) is 10.1 Å². The molecule has 0 spiro atoms. The Kier molecular flexibility index (Phi) is 4.06. The van der Waals surface area contributed by atoms with Crippen LogP contribution >= 0.6 is 0 Å². The van der Waals surface area contributed by atoms with Gasteiger partial charge < -0.3 is 15.4 Å². The number of hydrogen-bond acceptors (Lipinski definition) is 3. The van der Waals surface area contributed by atoms with Crippen molar-refractivity contribution in [1.29, 1.82) is 0 Å². The number of ether oxygens (including phenoxy) is 1. The number of hydrogen-bond donors (Lipinski definition) is 1. The average Bonchev–Trinajstić information content (AvgIpc) is 2.27. The Morgan fingerprint density at radius 2 is 1.71 bits per heavy atom. The summed E-state index contributed by atoms with van der Waals surface area (Å²) in [5.74, 6) is -0.196. The molecule has 1 atom stereocenters. The minimum Gasteiger partial charge on any atom is -0.366 e. The first-order valence-corrected chi connectivity index (χ1v) is 7.51. The molecule has 0 aromatic heterocycles. The first-order valence-electron chi connectivity index (χ1n) is 7.51. The minimum atomic E-state index is -0.251. The van der Waals surface area contributed by atoms with E-state index in [-0.39, 0.29) is 23.1 Å². The third-order valence-corrected chi connectivity index (χ3v) is 3.84. The van der Waals surface area contributed by atoms with Crippen LogP contribution in [0, 0.1) is 12.7 Å². The fourth-order valence-electron chi connectivity index (χ4n) is 3.28. The van der Waals surface area contributed by atoms with Crippen LogP contribution in [0.5, 0.6) is 0 Å². The van der Waals surface area contributed by atoms with E-state index in [2.05, 4.69) is 32.6 Å². The number of halogens is 1. The standard InChI is InChI=1S/C17H27FN2O/c1-11-7-15(13(12(2)19)8-14(11)18)20-9-16(3,4)21-17(5,6)10-20/h7-8,12H,9-10,19H2,1-6H3. The van der Waals surface area contributed by atoms with E-state index in [1.54, 1.807) is 13.0 Å². The molecule has 0 aliphatic carbocycles. The molecule has 0 amide bonds. The molecule has 2 rings (SSSR count). The minimum absolute atomic E-state index is 0.196. The number of nitrogens with zero attached hydrogens (tertiary/aromatic N) is 1. The van der Waals surface area contributed by atoms with Crippen LogP contribution in [0.1, 0.15) is 51.8 Å². The lowest BCUT2D eigenvalue weighted by atomic mass is 9.95. The number of anilines is 1. The molecule has 0 bridgehead atoms. The molecule has 3 nitrogen and oxygen atoms in total.